The van der Waals surface area contributed by atoms with Crippen LogP contribution in [0.3, 0.4) is 0 Å². The molecule has 0 radical (unpaired) electrons. The Hall–Kier alpha value is -2.21. The van der Waals surface area contributed by atoms with E-state index in [-0.39, 0.29) is 10.6 Å². The van der Waals surface area contributed by atoms with Crippen molar-refractivity contribution in [1.29, 1.82) is 0 Å². The highest BCUT2D eigenvalue weighted by Gasteiger charge is 2.10. The van der Waals surface area contributed by atoms with E-state index < -0.39 is 0 Å². The molecular weight excluding hydrogens is 286 g/mol. The monoisotopic (exact) mass is 303 g/mol. The van der Waals surface area contributed by atoms with Crippen molar-refractivity contribution < 1.29 is 4.92 Å². The average Bonchev–Trinajstić information content (AvgIpc) is 2.47. The van der Waals surface area contributed by atoms with E-state index in [1.807, 2.05) is 43.5 Å². The minimum absolute atomic E-state index is 0.0666. The van der Waals surface area contributed by atoms with Gasteiger partial charge in [-0.2, -0.15) is 0 Å². The van der Waals surface area contributed by atoms with Crippen molar-refractivity contribution in [2.45, 2.75) is 11.8 Å². The van der Waals surface area contributed by atoms with Crippen molar-refractivity contribution in [3.63, 3.8) is 0 Å². The molecule has 0 aliphatic rings. The third-order valence-electron chi connectivity index (χ3n) is 2.87. The average molecular weight is 303 g/mol. The molecule has 2 rings (SSSR count). The molecule has 0 bridgehead atoms. The molecule has 2 aromatic carbocycles. The van der Waals surface area contributed by atoms with Crippen LogP contribution in [0.1, 0.15) is 6.92 Å². The molecule has 6 heteroatoms. The van der Waals surface area contributed by atoms with Crippen LogP contribution >= 0.6 is 11.8 Å². The van der Waals surface area contributed by atoms with Crippen molar-refractivity contribution in [2.24, 2.45) is 0 Å². The summed E-state index contributed by atoms with van der Waals surface area (Å²) >= 11 is 1.65. The highest BCUT2D eigenvalue weighted by Crippen LogP contribution is 2.28. The second-order valence-corrected chi connectivity index (χ2v) is 5.29. The highest BCUT2D eigenvalue weighted by molar-refractivity contribution is 7.98. The maximum Gasteiger partial charge on any atom is 0.273 e. The van der Waals surface area contributed by atoms with Crippen LogP contribution in [-0.4, -0.2) is 17.7 Å². The third-order valence-corrected chi connectivity index (χ3v) is 3.59. The van der Waals surface area contributed by atoms with Crippen LogP contribution in [0.25, 0.3) is 0 Å². The van der Waals surface area contributed by atoms with Crippen LogP contribution in [0.2, 0.25) is 0 Å². The molecule has 0 atom stereocenters. The third kappa shape index (κ3) is 4.13. The van der Waals surface area contributed by atoms with Gasteiger partial charge in [0, 0.05) is 40.6 Å². The quantitative estimate of drug-likeness (QED) is 0.467. The van der Waals surface area contributed by atoms with Gasteiger partial charge in [-0.25, -0.2) is 0 Å². The second kappa shape index (κ2) is 6.99. The van der Waals surface area contributed by atoms with Gasteiger partial charge in [0.15, 0.2) is 0 Å². The summed E-state index contributed by atoms with van der Waals surface area (Å²) in [5.74, 6) is 0. The Labute approximate surface area is 127 Å². The summed E-state index contributed by atoms with van der Waals surface area (Å²) in [5.41, 5.74) is 2.40. The Morgan fingerprint density at radius 2 is 1.90 bits per heavy atom. The SMILES string of the molecule is CCNc1cc(Nc2cccc(SC)c2)cc([N+](=O)[O-])c1. The lowest BCUT2D eigenvalue weighted by Crippen LogP contribution is -2.00. The number of anilines is 3. The number of rotatable bonds is 6. The van der Waals surface area contributed by atoms with Gasteiger partial charge in [-0.15, -0.1) is 11.8 Å². The second-order valence-electron chi connectivity index (χ2n) is 4.41. The summed E-state index contributed by atoms with van der Waals surface area (Å²) < 4.78 is 0. The fourth-order valence-electron chi connectivity index (χ4n) is 1.96. The number of benzene rings is 2. The van der Waals surface area contributed by atoms with Gasteiger partial charge in [0.25, 0.3) is 5.69 Å². The lowest BCUT2D eigenvalue weighted by molar-refractivity contribution is -0.384. The maximum absolute atomic E-state index is 11.0. The van der Waals surface area contributed by atoms with Gasteiger partial charge in [0.2, 0.25) is 0 Å². The molecule has 0 aliphatic heterocycles. The number of nitrogens with one attached hydrogen (secondary N) is 2. The first-order chi connectivity index (χ1) is 10.1. The van der Waals surface area contributed by atoms with Gasteiger partial charge < -0.3 is 10.6 Å². The minimum atomic E-state index is -0.385. The van der Waals surface area contributed by atoms with Crippen LogP contribution in [0.15, 0.2) is 47.4 Å². The molecule has 0 spiro atoms. The zero-order valence-corrected chi connectivity index (χ0v) is 12.7. The number of nitrogens with zero attached hydrogens (tertiary/aromatic N) is 1. The molecule has 21 heavy (non-hydrogen) atoms. The van der Waals surface area contributed by atoms with Crippen molar-refractivity contribution in [3.05, 3.63) is 52.6 Å². The number of hydrogen-bond acceptors (Lipinski definition) is 5. The predicted octanol–water partition coefficient (Wildman–Crippen LogP) is 4.49. The van der Waals surface area contributed by atoms with Crippen molar-refractivity contribution in [1.82, 2.24) is 0 Å². The molecule has 0 saturated carbocycles. The molecule has 0 heterocycles. The first-order valence-corrected chi connectivity index (χ1v) is 7.79. The van der Waals surface area contributed by atoms with E-state index in [0.717, 1.165) is 16.3 Å². The smallest absolute Gasteiger partial charge is 0.273 e. The zero-order chi connectivity index (χ0) is 15.2. The highest BCUT2D eigenvalue weighted by atomic mass is 32.2. The van der Waals surface area contributed by atoms with Gasteiger partial charge in [0.1, 0.15) is 0 Å². The molecule has 0 unspecified atom stereocenters. The maximum atomic E-state index is 11.0. The van der Waals surface area contributed by atoms with E-state index in [4.69, 9.17) is 0 Å². The zero-order valence-electron chi connectivity index (χ0n) is 11.9. The summed E-state index contributed by atoms with van der Waals surface area (Å²) in [6, 6.07) is 12.9. The molecule has 0 fully saturated rings. The fourth-order valence-corrected chi connectivity index (χ4v) is 2.42. The molecular formula is C15H17N3O2S. The Morgan fingerprint density at radius 3 is 2.57 bits per heavy atom. The lowest BCUT2D eigenvalue weighted by Gasteiger charge is -2.10. The van der Waals surface area contributed by atoms with Gasteiger partial charge in [-0.3, -0.25) is 10.1 Å². The van der Waals surface area contributed by atoms with Crippen molar-refractivity contribution in [3.8, 4) is 0 Å². The first-order valence-electron chi connectivity index (χ1n) is 6.57. The molecule has 2 aromatic rings. The van der Waals surface area contributed by atoms with Crippen molar-refractivity contribution >= 4 is 34.5 Å². The topological polar surface area (TPSA) is 67.2 Å². The molecule has 5 nitrogen and oxygen atoms in total. The largest absolute Gasteiger partial charge is 0.385 e. The van der Waals surface area contributed by atoms with E-state index in [9.17, 15) is 10.1 Å². The number of nitro benzene ring substituents is 1. The summed E-state index contributed by atoms with van der Waals surface area (Å²) in [6.07, 6.45) is 2.01. The van der Waals surface area contributed by atoms with Gasteiger partial charge >= 0.3 is 0 Å². The molecule has 0 saturated heterocycles. The Kier molecular flexibility index (Phi) is 5.05. The van der Waals surface area contributed by atoms with Crippen molar-refractivity contribution in [2.75, 3.05) is 23.4 Å². The number of thioether (sulfide) groups is 1. The molecule has 0 aromatic heterocycles. The Bertz CT molecular complexity index is 647. The van der Waals surface area contributed by atoms with Gasteiger partial charge in [0.05, 0.1) is 4.92 Å². The molecule has 2 N–H and O–H groups in total. The summed E-state index contributed by atoms with van der Waals surface area (Å²) in [6.45, 7) is 2.66. The number of nitro groups is 1. The normalized spacial score (nSPS) is 10.2. The van der Waals surface area contributed by atoms with Crippen LogP contribution in [-0.2, 0) is 0 Å². The van der Waals surface area contributed by atoms with E-state index >= 15 is 0 Å². The van der Waals surface area contributed by atoms with Gasteiger partial charge in [-0.1, -0.05) is 6.07 Å². The summed E-state index contributed by atoms with van der Waals surface area (Å²) in [7, 11) is 0. The summed E-state index contributed by atoms with van der Waals surface area (Å²) in [4.78, 5) is 11.8. The lowest BCUT2D eigenvalue weighted by atomic mass is 10.2. The first kappa shape index (κ1) is 15.2. The molecule has 0 aliphatic carbocycles. The summed E-state index contributed by atoms with van der Waals surface area (Å²) in [5, 5.41) is 17.3. The van der Waals surface area contributed by atoms with E-state index in [1.54, 1.807) is 11.8 Å². The van der Waals surface area contributed by atoms with Crippen LogP contribution in [0.4, 0.5) is 22.7 Å². The molecule has 0 amide bonds. The number of hydrogen-bond donors (Lipinski definition) is 2. The van der Waals surface area contributed by atoms with E-state index in [0.29, 0.717) is 12.2 Å². The fraction of sp³-hybridized carbons (Fsp3) is 0.200. The van der Waals surface area contributed by atoms with Gasteiger partial charge in [-0.05, 0) is 37.4 Å². The standard InChI is InChI=1S/C15H17N3O2S/c1-3-16-12-7-13(9-14(8-12)18(19)20)17-11-5-4-6-15(10-11)21-2/h4-10,16-17H,3H2,1-2H3. The van der Waals surface area contributed by atoms with E-state index in [1.165, 1.54) is 12.1 Å². The van der Waals surface area contributed by atoms with E-state index in [2.05, 4.69) is 10.6 Å². The number of non-ortho nitro benzene ring substituents is 1. The predicted molar refractivity (Wildman–Crippen MR) is 88.8 cm³/mol. The Morgan fingerprint density at radius 1 is 1.14 bits per heavy atom. The van der Waals surface area contributed by atoms with Crippen LogP contribution < -0.4 is 10.6 Å². The minimum Gasteiger partial charge on any atom is -0.385 e. The van der Waals surface area contributed by atoms with Crippen LogP contribution in [0, 0.1) is 10.1 Å². The van der Waals surface area contributed by atoms with Crippen LogP contribution in [0.5, 0.6) is 0 Å². The Balaban J connectivity index is 2.31. The molecule has 110 valence electrons.